The van der Waals surface area contributed by atoms with Gasteiger partial charge in [0.05, 0.1) is 47.9 Å². The summed E-state index contributed by atoms with van der Waals surface area (Å²) in [7, 11) is 0. The molecule has 6 atom stereocenters. The molecular weight excluding hydrogens is 484 g/mol. The third-order valence-corrected chi connectivity index (χ3v) is 7.92. The van der Waals surface area contributed by atoms with E-state index in [2.05, 4.69) is 5.32 Å². The molecule has 190 valence electrons. The van der Waals surface area contributed by atoms with Crippen LogP contribution in [-0.2, 0) is 30.3 Å². The normalized spacial score (nSPS) is 29.2. The lowest BCUT2D eigenvalue weighted by molar-refractivity contribution is -0.155. The minimum absolute atomic E-state index is 0.184. The first-order valence-electron chi connectivity index (χ1n) is 12.3. The SMILES string of the molecule is CCOC(=O)[C@@H]1[C@H]2C(=O)N([C@@H](CO)Cc3ccccc3)[C@H](C(=O)Nc3ccccc3Cl)[C@]23CC[C@H]1O3. The number of esters is 1. The quantitative estimate of drug-likeness (QED) is 0.527. The Labute approximate surface area is 214 Å². The Morgan fingerprint density at radius 1 is 1.22 bits per heavy atom. The van der Waals surface area contributed by atoms with Gasteiger partial charge in [0.25, 0.3) is 0 Å². The molecule has 3 aliphatic heterocycles. The molecule has 2 amide bonds. The molecule has 1 spiro atoms. The van der Waals surface area contributed by atoms with Gasteiger partial charge in [-0.1, -0.05) is 54.1 Å². The van der Waals surface area contributed by atoms with E-state index in [4.69, 9.17) is 21.1 Å². The third-order valence-electron chi connectivity index (χ3n) is 7.60. The van der Waals surface area contributed by atoms with Crippen LogP contribution in [-0.4, -0.2) is 64.8 Å². The predicted molar refractivity (Wildman–Crippen MR) is 132 cm³/mol. The average Bonchev–Trinajstić information content (AvgIpc) is 3.52. The molecule has 2 bridgehead atoms. The first-order chi connectivity index (χ1) is 17.4. The van der Waals surface area contributed by atoms with Gasteiger partial charge in [0.1, 0.15) is 11.6 Å². The fourth-order valence-electron chi connectivity index (χ4n) is 6.19. The molecule has 5 rings (SSSR count). The number of hydrogen-bond acceptors (Lipinski definition) is 6. The third kappa shape index (κ3) is 3.97. The number of aliphatic hydroxyl groups is 1. The number of nitrogens with one attached hydrogen (secondary N) is 1. The lowest BCUT2D eigenvalue weighted by Crippen LogP contribution is -2.56. The number of anilines is 1. The number of carbonyl (C=O) groups is 3. The van der Waals surface area contributed by atoms with Crippen LogP contribution in [0.3, 0.4) is 0 Å². The Balaban J connectivity index is 1.55. The van der Waals surface area contributed by atoms with Crippen molar-refractivity contribution in [3.8, 4) is 0 Å². The molecule has 0 unspecified atom stereocenters. The molecule has 9 heteroatoms. The summed E-state index contributed by atoms with van der Waals surface area (Å²) in [5, 5.41) is 13.6. The van der Waals surface area contributed by atoms with Gasteiger partial charge >= 0.3 is 5.97 Å². The standard InChI is InChI=1S/C27H29ClN2O6/c1-2-35-26(34)21-20-12-13-27(36-20)22(21)25(33)30(17(15-31)14-16-8-4-3-5-9-16)23(27)24(32)29-19-11-7-6-10-18(19)28/h3-11,17,20-23,31H,2,12-15H2,1H3,(H,29,32)/t17-,20-,21+,22+,23-,27+/m1/s1. The Morgan fingerprint density at radius 3 is 2.64 bits per heavy atom. The van der Waals surface area contributed by atoms with Crippen LogP contribution in [0.2, 0.25) is 5.02 Å². The summed E-state index contributed by atoms with van der Waals surface area (Å²) in [5.74, 6) is -2.97. The Bertz CT molecular complexity index is 1160. The summed E-state index contributed by atoms with van der Waals surface area (Å²) in [6.45, 7) is 1.54. The summed E-state index contributed by atoms with van der Waals surface area (Å²) in [5.41, 5.74) is 0.139. The van der Waals surface area contributed by atoms with Crippen molar-refractivity contribution in [1.82, 2.24) is 4.90 Å². The minimum atomic E-state index is -1.19. The highest BCUT2D eigenvalue weighted by atomic mass is 35.5. The fraction of sp³-hybridized carbons (Fsp3) is 0.444. The highest BCUT2D eigenvalue weighted by Crippen LogP contribution is 2.59. The number of ether oxygens (including phenoxy) is 2. The van der Waals surface area contributed by atoms with Gasteiger partial charge in [-0.15, -0.1) is 0 Å². The maximum atomic E-state index is 14.0. The molecule has 3 heterocycles. The second kappa shape index (κ2) is 9.84. The van der Waals surface area contributed by atoms with Crippen LogP contribution in [0, 0.1) is 11.8 Å². The van der Waals surface area contributed by atoms with E-state index in [0.717, 1.165) is 5.56 Å². The Kier molecular flexibility index (Phi) is 6.76. The van der Waals surface area contributed by atoms with Crippen LogP contribution in [0.4, 0.5) is 5.69 Å². The number of amides is 2. The summed E-state index contributed by atoms with van der Waals surface area (Å²) < 4.78 is 11.7. The zero-order valence-corrected chi connectivity index (χ0v) is 20.7. The van der Waals surface area contributed by atoms with Gasteiger partial charge in [0.2, 0.25) is 11.8 Å². The molecule has 36 heavy (non-hydrogen) atoms. The Morgan fingerprint density at radius 2 is 1.94 bits per heavy atom. The van der Waals surface area contributed by atoms with E-state index in [0.29, 0.717) is 30.0 Å². The first kappa shape index (κ1) is 24.7. The van der Waals surface area contributed by atoms with Crippen LogP contribution in [0.15, 0.2) is 54.6 Å². The number of aliphatic hydroxyl groups excluding tert-OH is 1. The van der Waals surface area contributed by atoms with Gasteiger partial charge in [-0.2, -0.15) is 0 Å². The molecular formula is C27H29ClN2O6. The van der Waals surface area contributed by atoms with E-state index in [-0.39, 0.29) is 19.1 Å². The summed E-state index contributed by atoms with van der Waals surface area (Å²) in [4.78, 5) is 42.3. The van der Waals surface area contributed by atoms with E-state index < -0.39 is 47.5 Å². The number of para-hydroxylation sites is 1. The van der Waals surface area contributed by atoms with Gasteiger partial charge in [-0.25, -0.2) is 0 Å². The van der Waals surface area contributed by atoms with Gasteiger partial charge < -0.3 is 24.8 Å². The van der Waals surface area contributed by atoms with Crippen molar-refractivity contribution in [2.45, 2.75) is 50.0 Å². The highest BCUT2D eigenvalue weighted by Gasteiger charge is 2.75. The van der Waals surface area contributed by atoms with Crippen molar-refractivity contribution in [3.05, 3.63) is 65.2 Å². The maximum absolute atomic E-state index is 14.0. The van der Waals surface area contributed by atoms with Crippen molar-refractivity contribution in [3.63, 3.8) is 0 Å². The number of nitrogens with zero attached hydrogens (tertiary/aromatic N) is 1. The number of fused-ring (bicyclic) bond motifs is 1. The molecule has 2 aromatic carbocycles. The summed E-state index contributed by atoms with van der Waals surface area (Å²) in [6, 6.07) is 14.6. The van der Waals surface area contributed by atoms with Crippen molar-refractivity contribution in [2.24, 2.45) is 11.8 Å². The van der Waals surface area contributed by atoms with E-state index >= 15 is 0 Å². The van der Waals surface area contributed by atoms with Crippen molar-refractivity contribution < 1.29 is 29.0 Å². The number of rotatable bonds is 8. The molecule has 3 saturated heterocycles. The number of benzene rings is 2. The Hall–Kier alpha value is -2.94. The van der Waals surface area contributed by atoms with Crippen LogP contribution in [0.25, 0.3) is 0 Å². The molecule has 3 fully saturated rings. The van der Waals surface area contributed by atoms with E-state index in [9.17, 15) is 19.5 Å². The summed E-state index contributed by atoms with van der Waals surface area (Å²) >= 11 is 6.30. The van der Waals surface area contributed by atoms with Gasteiger partial charge in [-0.05, 0) is 43.9 Å². The van der Waals surface area contributed by atoms with Crippen molar-refractivity contribution in [2.75, 3.05) is 18.5 Å². The van der Waals surface area contributed by atoms with Crippen molar-refractivity contribution >= 4 is 35.1 Å². The van der Waals surface area contributed by atoms with E-state index in [1.54, 1.807) is 31.2 Å². The minimum Gasteiger partial charge on any atom is -0.466 e. The van der Waals surface area contributed by atoms with Crippen LogP contribution >= 0.6 is 11.6 Å². The predicted octanol–water partition coefficient (Wildman–Crippen LogP) is 2.82. The number of likely N-dealkylation sites (tertiary alicyclic amines) is 1. The molecule has 2 N–H and O–H groups in total. The number of hydrogen-bond donors (Lipinski definition) is 2. The average molecular weight is 513 g/mol. The van der Waals surface area contributed by atoms with Crippen LogP contribution < -0.4 is 5.32 Å². The topological polar surface area (TPSA) is 105 Å². The van der Waals surface area contributed by atoms with Crippen LogP contribution in [0.5, 0.6) is 0 Å². The lowest BCUT2D eigenvalue weighted by Gasteiger charge is -2.36. The first-order valence-corrected chi connectivity index (χ1v) is 12.7. The second-order valence-corrected chi connectivity index (χ2v) is 9.96. The zero-order valence-electron chi connectivity index (χ0n) is 19.9. The molecule has 0 saturated carbocycles. The van der Waals surface area contributed by atoms with E-state index in [1.165, 1.54) is 4.90 Å². The largest absolute Gasteiger partial charge is 0.466 e. The summed E-state index contributed by atoms with van der Waals surface area (Å²) in [6.07, 6.45) is 0.844. The number of carbonyl (C=O) groups excluding carboxylic acids is 3. The molecule has 0 aliphatic carbocycles. The molecule has 0 radical (unpaired) electrons. The second-order valence-electron chi connectivity index (χ2n) is 9.55. The van der Waals surface area contributed by atoms with Gasteiger partial charge in [0.15, 0.2) is 0 Å². The molecule has 2 aromatic rings. The van der Waals surface area contributed by atoms with Gasteiger partial charge in [-0.3, -0.25) is 14.4 Å². The molecule has 8 nitrogen and oxygen atoms in total. The monoisotopic (exact) mass is 512 g/mol. The fourth-order valence-corrected chi connectivity index (χ4v) is 6.37. The highest BCUT2D eigenvalue weighted by molar-refractivity contribution is 6.33. The van der Waals surface area contributed by atoms with Crippen LogP contribution in [0.1, 0.15) is 25.3 Å². The van der Waals surface area contributed by atoms with E-state index in [1.807, 2.05) is 30.3 Å². The lowest BCUT2D eigenvalue weighted by atomic mass is 9.70. The smallest absolute Gasteiger partial charge is 0.312 e. The van der Waals surface area contributed by atoms with Crippen molar-refractivity contribution in [1.29, 1.82) is 0 Å². The molecule has 0 aromatic heterocycles. The molecule has 3 aliphatic rings. The van der Waals surface area contributed by atoms with Gasteiger partial charge in [0, 0.05) is 0 Å². The maximum Gasteiger partial charge on any atom is 0.312 e. The number of halogens is 1. The zero-order chi connectivity index (χ0) is 25.4.